The molecule has 9 heteroatoms. The number of carbonyl (C=O) groups excluding carboxylic acids is 2. The van der Waals surface area contributed by atoms with E-state index in [4.69, 9.17) is 32.7 Å². The van der Waals surface area contributed by atoms with Gasteiger partial charge in [0.05, 0.1) is 21.8 Å². The van der Waals surface area contributed by atoms with Gasteiger partial charge >= 0.3 is 5.97 Å². The zero-order valence-corrected chi connectivity index (χ0v) is 18.9. The molecule has 6 nitrogen and oxygen atoms in total. The summed E-state index contributed by atoms with van der Waals surface area (Å²) in [5.74, 6) is -0.456. The minimum Gasteiger partial charge on any atom is -0.482 e. The number of nitrogens with one attached hydrogen (secondary N) is 1. The summed E-state index contributed by atoms with van der Waals surface area (Å²) in [6.07, 6.45) is 1.35. The van der Waals surface area contributed by atoms with E-state index in [9.17, 15) is 9.59 Å². The van der Waals surface area contributed by atoms with Gasteiger partial charge in [-0.05, 0) is 42.5 Å². The van der Waals surface area contributed by atoms with Crippen molar-refractivity contribution in [3.05, 3.63) is 92.4 Å². The van der Waals surface area contributed by atoms with Gasteiger partial charge in [0.2, 0.25) is 0 Å². The molecule has 0 fully saturated rings. The van der Waals surface area contributed by atoms with Crippen molar-refractivity contribution < 1.29 is 19.1 Å². The van der Waals surface area contributed by atoms with Crippen LogP contribution in [0.4, 0.5) is 0 Å². The molecule has 31 heavy (non-hydrogen) atoms. The fourth-order valence-electron chi connectivity index (χ4n) is 2.41. The Labute approximate surface area is 196 Å². The van der Waals surface area contributed by atoms with Crippen LogP contribution in [-0.2, 0) is 4.79 Å². The van der Waals surface area contributed by atoms with Crippen LogP contribution in [0.5, 0.6) is 11.5 Å². The summed E-state index contributed by atoms with van der Waals surface area (Å²) in [7, 11) is 0. The predicted molar refractivity (Wildman–Crippen MR) is 123 cm³/mol. The normalized spacial score (nSPS) is 10.7. The van der Waals surface area contributed by atoms with Crippen molar-refractivity contribution in [2.75, 3.05) is 6.61 Å². The third-order valence-electron chi connectivity index (χ3n) is 3.86. The number of halogens is 3. The molecule has 0 aromatic heterocycles. The molecule has 158 valence electrons. The van der Waals surface area contributed by atoms with Crippen molar-refractivity contribution in [3.63, 3.8) is 0 Å². The van der Waals surface area contributed by atoms with Gasteiger partial charge in [0.1, 0.15) is 11.5 Å². The third-order valence-corrected chi connectivity index (χ3v) is 4.99. The van der Waals surface area contributed by atoms with Crippen molar-refractivity contribution in [1.29, 1.82) is 0 Å². The number of para-hydroxylation sites is 1. The quantitative estimate of drug-likeness (QED) is 0.192. The summed E-state index contributed by atoms with van der Waals surface area (Å²) in [6, 6.07) is 18.4. The molecular weight excluding hydrogens is 507 g/mol. The van der Waals surface area contributed by atoms with E-state index in [2.05, 4.69) is 26.5 Å². The minimum atomic E-state index is -0.611. The zero-order chi connectivity index (χ0) is 22.2. The molecule has 0 atom stereocenters. The highest BCUT2D eigenvalue weighted by Crippen LogP contribution is 2.25. The van der Waals surface area contributed by atoms with E-state index in [1.165, 1.54) is 6.21 Å². The van der Waals surface area contributed by atoms with Crippen LogP contribution in [0.2, 0.25) is 10.0 Å². The standard InChI is InChI=1S/C22H15BrCl2N2O4/c23-15-9-10-19(31-22(29)16-5-1-2-6-17(16)24)14(11-15)12-26-27-21(28)13-30-20-8-4-3-7-18(20)25/h1-12H,13H2,(H,27,28)/b26-12-. The molecule has 0 radical (unpaired) electrons. The molecule has 1 N–H and O–H groups in total. The summed E-state index contributed by atoms with van der Waals surface area (Å²) in [4.78, 5) is 24.4. The summed E-state index contributed by atoms with van der Waals surface area (Å²) < 4.78 is 11.5. The number of hydrazone groups is 1. The maximum Gasteiger partial charge on any atom is 0.345 e. The van der Waals surface area contributed by atoms with Crippen molar-refractivity contribution in [3.8, 4) is 11.5 Å². The van der Waals surface area contributed by atoms with Crippen molar-refractivity contribution in [2.24, 2.45) is 5.10 Å². The molecular formula is C22H15BrCl2N2O4. The predicted octanol–water partition coefficient (Wildman–Crippen LogP) is 5.50. The van der Waals surface area contributed by atoms with E-state index in [1.807, 2.05) is 0 Å². The Bertz CT molecular complexity index is 1140. The third kappa shape index (κ3) is 6.55. The molecule has 0 heterocycles. The van der Waals surface area contributed by atoms with Gasteiger partial charge in [-0.1, -0.05) is 63.4 Å². The van der Waals surface area contributed by atoms with E-state index in [0.717, 1.165) is 4.47 Å². The monoisotopic (exact) mass is 520 g/mol. The van der Waals surface area contributed by atoms with Gasteiger partial charge in [0.25, 0.3) is 5.91 Å². The second-order valence-corrected chi connectivity index (χ2v) is 7.79. The fourth-order valence-corrected chi connectivity index (χ4v) is 3.19. The molecule has 3 aromatic rings. The first-order valence-electron chi connectivity index (χ1n) is 8.89. The Morgan fingerprint density at radius 2 is 1.68 bits per heavy atom. The number of hydrogen-bond donors (Lipinski definition) is 1. The van der Waals surface area contributed by atoms with E-state index < -0.39 is 11.9 Å². The second-order valence-electron chi connectivity index (χ2n) is 6.06. The summed E-state index contributed by atoms with van der Waals surface area (Å²) in [6.45, 7) is -0.270. The van der Waals surface area contributed by atoms with Crippen molar-refractivity contribution in [1.82, 2.24) is 5.43 Å². The number of esters is 1. The topological polar surface area (TPSA) is 77.0 Å². The number of benzene rings is 3. The van der Waals surface area contributed by atoms with Crippen LogP contribution < -0.4 is 14.9 Å². The molecule has 0 bridgehead atoms. The van der Waals surface area contributed by atoms with Gasteiger partial charge in [0, 0.05) is 10.0 Å². The molecule has 0 spiro atoms. The largest absolute Gasteiger partial charge is 0.482 e. The maximum atomic E-state index is 12.4. The molecule has 3 rings (SSSR count). The lowest BCUT2D eigenvalue weighted by molar-refractivity contribution is -0.123. The fraction of sp³-hybridized carbons (Fsp3) is 0.0455. The number of rotatable bonds is 7. The molecule has 0 unspecified atom stereocenters. The molecule has 0 saturated heterocycles. The Hall–Kier alpha value is -2.87. The number of amides is 1. The lowest BCUT2D eigenvalue weighted by Gasteiger charge is -2.09. The SMILES string of the molecule is O=C(COc1ccccc1Cl)N/N=C\c1cc(Br)ccc1OC(=O)c1ccccc1Cl. The Morgan fingerprint density at radius 3 is 2.42 bits per heavy atom. The van der Waals surface area contributed by atoms with E-state index in [1.54, 1.807) is 66.7 Å². The van der Waals surface area contributed by atoms with Crippen molar-refractivity contribution >= 4 is 57.2 Å². The van der Waals surface area contributed by atoms with E-state index >= 15 is 0 Å². The van der Waals surface area contributed by atoms with Crippen LogP contribution in [0.3, 0.4) is 0 Å². The van der Waals surface area contributed by atoms with Crippen LogP contribution in [-0.4, -0.2) is 24.7 Å². The van der Waals surface area contributed by atoms with Crippen LogP contribution in [0.15, 0.2) is 76.3 Å². The first-order chi connectivity index (χ1) is 14.9. The summed E-state index contributed by atoms with van der Waals surface area (Å²) in [5.41, 5.74) is 3.04. The van der Waals surface area contributed by atoms with E-state index in [0.29, 0.717) is 16.3 Å². The van der Waals surface area contributed by atoms with Crippen LogP contribution in [0.1, 0.15) is 15.9 Å². The van der Waals surface area contributed by atoms with Crippen LogP contribution in [0.25, 0.3) is 0 Å². The maximum absolute atomic E-state index is 12.4. The van der Waals surface area contributed by atoms with Gasteiger partial charge in [-0.25, -0.2) is 10.2 Å². The van der Waals surface area contributed by atoms with Crippen LogP contribution >= 0.6 is 39.1 Å². The Balaban J connectivity index is 1.64. The minimum absolute atomic E-state index is 0.236. The number of ether oxygens (including phenoxy) is 2. The first kappa shape index (κ1) is 22.8. The highest BCUT2D eigenvalue weighted by atomic mass is 79.9. The molecule has 0 aliphatic carbocycles. The number of carbonyl (C=O) groups is 2. The lowest BCUT2D eigenvalue weighted by Crippen LogP contribution is -2.24. The molecule has 0 aliphatic heterocycles. The summed E-state index contributed by atoms with van der Waals surface area (Å²) in [5, 5.41) is 4.58. The number of nitrogens with zero attached hydrogens (tertiary/aromatic N) is 1. The molecule has 0 aliphatic rings. The molecule has 0 saturated carbocycles. The van der Waals surface area contributed by atoms with Crippen LogP contribution in [0, 0.1) is 0 Å². The average Bonchev–Trinajstić information content (AvgIpc) is 2.75. The summed E-state index contributed by atoms with van der Waals surface area (Å²) >= 11 is 15.4. The van der Waals surface area contributed by atoms with Crippen molar-refractivity contribution in [2.45, 2.75) is 0 Å². The average molecular weight is 522 g/mol. The van der Waals surface area contributed by atoms with Gasteiger partial charge in [-0.3, -0.25) is 4.79 Å². The van der Waals surface area contributed by atoms with Gasteiger partial charge in [-0.15, -0.1) is 0 Å². The zero-order valence-electron chi connectivity index (χ0n) is 15.8. The second kappa shape index (κ2) is 10.9. The first-order valence-corrected chi connectivity index (χ1v) is 10.4. The van der Waals surface area contributed by atoms with Gasteiger partial charge in [0.15, 0.2) is 6.61 Å². The Morgan fingerprint density at radius 1 is 0.968 bits per heavy atom. The lowest BCUT2D eigenvalue weighted by atomic mass is 10.2. The highest BCUT2D eigenvalue weighted by Gasteiger charge is 2.14. The van der Waals surface area contributed by atoms with E-state index in [-0.39, 0.29) is 22.9 Å². The highest BCUT2D eigenvalue weighted by molar-refractivity contribution is 9.10. The molecule has 3 aromatic carbocycles. The van der Waals surface area contributed by atoms with Gasteiger partial charge < -0.3 is 9.47 Å². The van der Waals surface area contributed by atoms with Gasteiger partial charge in [-0.2, -0.15) is 5.10 Å². The smallest absolute Gasteiger partial charge is 0.345 e. The molecule has 1 amide bonds. The Kier molecular flexibility index (Phi) is 8.06. The number of hydrogen-bond acceptors (Lipinski definition) is 5.